The van der Waals surface area contributed by atoms with Crippen molar-refractivity contribution in [3.05, 3.63) is 65.3 Å². The average Bonchev–Trinajstić information content (AvgIpc) is 2.65. The lowest BCUT2D eigenvalue weighted by Gasteiger charge is -2.41. The van der Waals surface area contributed by atoms with Gasteiger partial charge in [-0.3, -0.25) is 9.89 Å². The van der Waals surface area contributed by atoms with E-state index < -0.39 is 0 Å². The van der Waals surface area contributed by atoms with E-state index in [1.807, 2.05) is 13.0 Å². The van der Waals surface area contributed by atoms with Gasteiger partial charge in [-0.2, -0.15) is 0 Å². The molecule has 1 aromatic carbocycles. The fourth-order valence-corrected chi connectivity index (χ4v) is 3.87. The van der Waals surface area contributed by atoms with Crippen molar-refractivity contribution in [2.75, 3.05) is 13.1 Å². The summed E-state index contributed by atoms with van der Waals surface area (Å²) in [5.41, 5.74) is 7.16. The Bertz CT molecular complexity index is 779. The van der Waals surface area contributed by atoms with Crippen LogP contribution in [0.1, 0.15) is 65.5 Å². The van der Waals surface area contributed by atoms with Gasteiger partial charge in [0.25, 0.3) is 0 Å². The van der Waals surface area contributed by atoms with Crippen molar-refractivity contribution in [3.63, 3.8) is 0 Å². The quantitative estimate of drug-likeness (QED) is 0.405. The summed E-state index contributed by atoms with van der Waals surface area (Å²) in [7, 11) is 0. The topological polar surface area (TPSA) is 15.6 Å². The minimum absolute atomic E-state index is 0.253. The number of aliphatic imine (C=N–C) groups is 1. The fraction of sp³-hybridized carbons (Fsp3) is 0.500. The van der Waals surface area contributed by atoms with Crippen LogP contribution in [0.4, 0.5) is 0 Å². The van der Waals surface area contributed by atoms with E-state index in [9.17, 15) is 0 Å². The average molecular weight is 379 g/mol. The van der Waals surface area contributed by atoms with E-state index in [1.54, 1.807) is 0 Å². The van der Waals surface area contributed by atoms with Crippen LogP contribution in [0.3, 0.4) is 0 Å². The highest BCUT2D eigenvalue weighted by atomic mass is 15.2. The molecule has 0 aromatic heterocycles. The summed E-state index contributed by atoms with van der Waals surface area (Å²) in [5, 5.41) is 0. The lowest BCUT2D eigenvalue weighted by Crippen LogP contribution is -2.46. The summed E-state index contributed by atoms with van der Waals surface area (Å²) in [6, 6.07) is 8.63. The SMILES string of the molecule is C=C(/C=C\C)/C(C)=C(/N=C(C)C1CCN(C(C)(C)C)CC1)c1cccc(C)c1. The lowest BCUT2D eigenvalue weighted by atomic mass is 9.89. The predicted octanol–water partition coefficient (Wildman–Crippen LogP) is 6.83. The summed E-state index contributed by atoms with van der Waals surface area (Å²) >= 11 is 0. The molecule has 0 N–H and O–H groups in total. The second kappa shape index (κ2) is 9.52. The van der Waals surface area contributed by atoms with Gasteiger partial charge in [0.1, 0.15) is 0 Å². The molecule has 1 saturated heterocycles. The molecule has 2 nitrogen and oxygen atoms in total. The molecule has 28 heavy (non-hydrogen) atoms. The molecule has 1 aliphatic rings. The van der Waals surface area contributed by atoms with Crippen molar-refractivity contribution in [2.24, 2.45) is 10.9 Å². The van der Waals surface area contributed by atoms with Crippen LogP contribution in [0.15, 0.2) is 59.1 Å². The highest BCUT2D eigenvalue weighted by molar-refractivity contribution is 5.91. The number of hydrogen-bond donors (Lipinski definition) is 0. The Balaban J connectivity index is 2.34. The van der Waals surface area contributed by atoms with E-state index in [2.05, 4.69) is 83.4 Å². The first-order valence-electron chi connectivity index (χ1n) is 10.5. The summed E-state index contributed by atoms with van der Waals surface area (Å²) < 4.78 is 0. The number of aryl methyl sites for hydroxylation is 1. The first-order chi connectivity index (χ1) is 13.1. The number of nitrogens with zero attached hydrogens (tertiary/aromatic N) is 2. The van der Waals surface area contributed by atoms with Gasteiger partial charge in [-0.15, -0.1) is 0 Å². The van der Waals surface area contributed by atoms with Crippen molar-refractivity contribution in [3.8, 4) is 0 Å². The maximum Gasteiger partial charge on any atom is 0.0736 e. The Labute approximate surface area is 172 Å². The summed E-state index contributed by atoms with van der Waals surface area (Å²) in [6.07, 6.45) is 6.47. The van der Waals surface area contributed by atoms with Crippen LogP contribution >= 0.6 is 0 Å². The summed E-state index contributed by atoms with van der Waals surface area (Å²) in [5.74, 6) is 0.557. The highest BCUT2D eigenvalue weighted by Gasteiger charge is 2.28. The van der Waals surface area contributed by atoms with Gasteiger partial charge in [-0.1, -0.05) is 42.5 Å². The Morgan fingerprint density at radius 1 is 1.18 bits per heavy atom. The van der Waals surface area contributed by atoms with Crippen LogP contribution in [0.2, 0.25) is 0 Å². The molecule has 0 atom stereocenters. The number of rotatable bonds is 5. The van der Waals surface area contributed by atoms with Crippen molar-refractivity contribution in [1.82, 2.24) is 4.90 Å². The van der Waals surface area contributed by atoms with Gasteiger partial charge in [0.15, 0.2) is 0 Å². The van der Waals surface area contributed by atoms with Crippen molar-refractivity contribution >= 4 is 11.4 Å². The molecule has 2 heteroatoms. The fourth-order valence-electron chi connectivity index (χ4n) is 3.87. The Morgan fingerprint density at radius 2 is 1.82 bits per heavy atom. The van der Waals surface area contributed by atoms with Gasteiger partial charge in [-0.05, 0) is 97.5 Å². The molecule has 0 aliphatic carbocycles. The van der Waals surface area contributed by atoms with E-state index in [4.69, 9.17) is 4.99 Å². The molecule has 1 heterocycles. The smallest absolute Gasteiger partial charge is 0.0736 e. The van der Waals surface area contributed by atoms with Gasteiger partial charge in [0, 0.05) is 16.8 Å². The van der Waals surface area contributed by atoms with Gasteiger partial charge >= 0.3 is 0 Å². The van der Waals surface area contributed by atoms with Crippen LogP contribution in [-0.2, 0) is 0 Å². The highest BCUT2D eigenvalue weighted by Crippen LogP contribution is 2.29. The molecular formula is C26H38N2. The van der Waals surface area contributed by atoms with Gasteiger partial charge in [0.05, 0.1) is 5.70 Å². The van der Waals surface area contributed by atoms with E-state index in [-0.39, 0.29) is 5.54 Å². The van der Waals surface area contributed by atoms with Crippen LogP contribution in [-0.4, -0.2) is 29.2 Å². The molecule has 2 rings (SSSR count). The minimum atomic E-state index is 0.253. The Hall–Kier alpha value is -1.93. The standard InChI is InChI=1S/C26H38N2/c1-9-11-20(3)21(4)25(24-13-10-12-19(2)18-24)27-22(5)23-14-16-28(17-15-23)26(6,7)8/h9-13,18,23H,3,14-17H2,1-2,4-8H3/b11-9-,25-21+,27-22?. The maximum absolute atomic E-state index is 5.19. The maximum atomic E-state index is 5.19. The number of benzene rings is 1. The molecule has 1 aromatic rings. The van der Waals surface area contributed by atoms with Crippen LogP contribution in [0.5, 0.6) is 0 Å². The third kappa shape index (κ3) is 5.78. The molecule has 152 valence electrons. The second-order valence-electron chi connectivity index (χ2n) is 9.05. The van der Waals surface area contributed by atoms with Crippen molar-refractivity contribution < 1.29 is 0 Å². The van der Waals surface area contributed by atoms with Crippen molar-refractivity contribution in [2.45, 2.75) is 66.8 Å². The number of allylic oxidation sites excluding steroid dienone is 4. The molecule has 0 amide bonds. The zero-order chi connectivity index (χ0) is 20.9. The molecule has 0 radical (unpaired) electrons. The van der Waals surface area contributed by atoms with E-state index in [0.29, 0.717) is 5.92 Å². The monoisotopic (exact) mass is 378 g/mol. The summed E-state index contributed by atoms with van der Waals surface area (Å²) in [4.78, 5) is 7.78. The molecule has 0 spiro atoms. The first kappa shape index (κ1) is 22.4. The molecular weight excluding hydrogens is 340 g/mol. The Kier molecular flexibility index (Phi) is 7.60. The number of hydrogen-bond acceptors (Lipinski definition) is 2. The molecule has 0 unspecified atom stereocenters. The molecule has 1 fully saturated rings. The lowest BCUT2D eigenvalue weighted by molar-refractivity contribution is 0.100. The van der Waals surface area contributed by atoms with Crippen LogP contribution < -0.4 is 0 Å². The van der Waals surface area contributed by atoms with Crippen LogP contribution in [0, 0.1) is 12.8 Å². The van der Waals surface area contributed by atoms with E-state index in [1.165, 1.54) is 29.7 Å². The van der Waals surface area contributed by atoms with Crippen molar-refractivity contribution in [1.29, 1.82) is 0 Å². The summed E-state index contributed by atoms with van der Waals surface area (Å²) in [6.45, 7) is 22.0. The number of piperidine rings is 1. The third-order valence-electron chi connectivity index (χ3n) is 5.82. The van der Waals surface area contributed by atoms with E-state index >= 15 is 0 Å². The number of likely N-dealkylation sites (tertiary alicyclic amines) is 1. The Morgan fingerprint density at radius 3 is 2.36 bits per heavy atom. The molecule has 0 saturated carbocycles. The van der Waals surface area contributed by atoms with E-state index in [0.717, 1.165) is 29.9 Å². The molecule has 1 aliphatic heterocycles. The largest absolute Gasteiger partial charge is 0.298 e. The normalized spacial score (nSPS) is 18.5. The van der Waals surface area contributed by atoms with Gasteiger partial charge < -0.3 is 0 Å². The zero-order valence-electron chi connectivity index (χ0n) is 19.0. The van der Waals surface area contributed by atoms with Gasteiger partial charge in [-0.25, -0.2) is 0 Å². The zero-order valence-corrected chi connectivity index (χ0v) is 19.0. The van der Waals surface area contributed by atoms with Crippen LogP contribution in [0.25, 0.3) is 5.70 Å². The first-order valence-corrected chi connectivity index (χ1v) is 10.5. The third-order valence-corrected chi connectivity index (χ3v) is 5.82. The molecule has 0 bridgehead atoms. The van der Waals surface area contributed by atoms with Gasteiger partial charge in [0.2, 0.25) is 0 Å². The minimum Gasteiger partial charge on any atom is -0.298 e. The predicted molar refractivity (Wildman–Crippen MR) is 125 cm³/mol. The second-order valence-corrected chi connectivity index (χ2v) is 9.05.